The molecule has 0 unspecified atom stereocenters. The lowest BCUT2D eigenvalue weighted by Gasteiger charge is -2.06. The highest BCUT2D eigenvalue weighted by Crippen LogP contribution is 2.20. The van der Waals surface area contributed by atoms with E-state index >= 15 is 0 Å². The lowest BCUT2D eigenvalue weighted by Crippen LogP contribution is -1.99. The molecule has 0 aliphatic carbocycles. The quantitative estimate of drug-likeness (QED) is 0.717. The molecular weight excluding hydrogens is 200 g/mol. The molecule has 0 radical (unpaired) electrons. The van der Waals surface area contributed by atoms with Crippen molar-refractivity contribution in [2.24, 2.45) is 0 Å². The third kappa shape index (κ3) is 2.91. The van der Waals surface area contributed by atoms with Crippen molar-refractivity contribution < 1.29 is 13.5 Å². The summed E-state index contributed by atoms with van der Waals surface area (Å²) in [5, 5.41) is 8.43. The van der Waals surface area contributed by atoms with Crippen molar-refractivity contribution >= 4 is 0 Å². The summed E-state index contributed by atoms with van der Waals surface area (Å²) in [6.07, 6.45) is 1.77. The van der Waals surface area contributed by atoms with Crippen LogP contribution in [0.5, 0.6) is 5.75 Å². The molecule has 2 nitrogen and oxygen atoms in total. The number of halogens is 2. The lowest BCUT2D eigenvalue weighted by atomic mass is 10.2. The normalized spacial score (nSPS) is 9.73. The second kappa shape index (κ2) is 5.30. The smallest absolute Gasteiger partial charge is 0.147 e. The van der Waals surface area contributed by atoms with Crippen LogP contribution in [0.1, 0.15) is 25.3 Å². The Labute approximate surface area is 87.1 Å². The van der Waals surface area contributed by atoms with Gasteiger partial charge in [-0.1, -0.05) is 13.3 Å². The number of nitriles is 1. The van der Waals surface area contributed by atoms with Gasteiger partial charge in [-0.05, 0) is 6.42 Å². The van der Waals surface area contributed by atoms with Gasteiger partial charge < -0.3 is 4.74 Å². The van der Waals surface area contributed by atoms with Gasteiger partial charge in [-0.25, -0.2) is 8.78 Å². The van der Waals surface area contributed by atoms with Crippen LogP contribution < -0.4 is 4.74 Å². The molecule has 1 aromatic rings. The molecule has 0 saturated heterocycles. The number of benzene rings is 1. The second-order valence-corrected chi connectivity index (χ2v) is 3.08. The summed E-state index contributed by atoms with van der Waals surface area (Å²) in [6, 6.07) is 3.50. The topological polar surface area (TPSA) is 33.0 Å². The standard InChI is InChI=1S/C11H11F2NO/c1-2-3-4-15-8-5-10(12)9(7-14)11(13)6-8/h5-6H,2-4H2,1H3. The summed E-state index contributed by atoms with van der Waals surface area (Å²) >= 11 is 0. The van der Waals surface area contributed by atoms with Crippen molar-refractivity contribution in [1.29, 1.82) is 5.26 Å². The van der Waals surface area contributed by atoms with Gasteiger partial charge in [0, 0.05) is 12.1 Å². The molecule has 0 spiro atoms. The summed E-state index contributed by atoms with van der Waals surface area (Å²) in [7, 11) is 0. The highest BCUT2D eigenvalue weighted by Gasteiger charge is 2.10. The van der Waals surface area contributed by atoms with Gasteiger partial charge in [0.2, 0.25) is 0 Å². The Kier molecular flexibility index (Phi) is 4.04. The molecule has 0 bridgehead atoms. The Bertz CT molecular complexity index is 362. The molecule has 0 amide bonds. The van der Waals surface area contributed by atoms with Gasteiger partial charge in [0.1, 0.15) is 29.0 Å². The van der Waals surface area contributed by atoms with Crippen molar-refractivity contribution in [2.45, 2.75) is 19.8 Å². The van der Waals surface area contributed by atoms with E-state index in [1.165, 1.54) is 6.07 Å². The predicted molar refractivity (Wildman–Crippen MR) is 51.5 cm³/mol. The maximum atomic E-state index is 13.1. The minimum atomic E-state index is -0.885. The molecule has 1 aromatic carbocycles. The van der Waals surface area contributed by atoms with Gasteiger partial charge in [0.05, 0.1) is 6.61 Å². The minimum Gasteiger partial charge on any atom is -0.493 e. The third-order valence-electron chi connectivity index (χ3n) is 1.89. The van der Waals surface area contributed by atoms with Gasteiger partial charge >= 0.3 is 0 Å². The second-order valence-electron chi connectivity index (χ2n) is 3.08. The fourth-order valence-electron chi connectivity index (χ4n) is 1.07. The average molecular weight is 211 g/mol. The molecule has 15 heavy (non-hydrogen) atoms. The summed E-state index contributed by atoms with van der Waals surface area (Å²) in [4.78, 5) is 0. The summed E-state index contributed by atoms with van der Waals surface area (Å²) in [6.45, 7) is 2.41. The van der Waals surface area contributed by atoms with Crippen LogP contribution >= 0.6 is 0 Å². The molecule has 0 heterocycles. The first kappa shape index (κ1) is 11.4. The predicted octanol–water partition coefficient (Wildman–Crippen LogP) is 3.02. The number of rotatable bonds is 4. The highest BCUT2D eigenvalue weighted by molar-refractivity contribution is 5.37. The Morgan fingerprint density at radius 1 is 1.33 bits per heavy atom. The number of nitrogens with zero attached hydrogens (tertiary/aromatic N) is 1. The van der Waals surface area contributed by atoms with Gasteiger partial charge in [-0.15, -0.1) is 0 Å². The van der Waals surface area contributed by atoms with Crippen LogP contribution in [0.25, 0.3) is 0 Å². The first-order chi connectivity index (χ1) is 7.19. The van der Waals surface area contributed by atoms with E-state index in [0.717, 1.165) is 25.0 Å². The van der Waals surface area contributed by atoms with E-state index in [9.17, 15) is 8.78 Å². The molecule has 4 heteroatoms. The van der Waals surface area contributed by atoms with Crippen LogP contribution in [0.4, 0.5) is 8.78 Å². The molecular formula is C11H11F2NO. The van der Waals surface area contributed by atoms with Crippen LogP contribution in [-0.4, -0.2) is 6.61 Å². The van der Waals surface area contributed by atoms with E-state index in [-0.39, 0.29) is 5.75 Å². The molecule has 0 aliphatic heterocycles. The van der Waals surface area contributed by atoms with Crippen LogP contribution in [0, 0.1) is 23.0 Å². The Hall–Kier alpha value is -1.63. The monoisotopic (exact) mass is 211 g/mol. The molecule has 0 saturated carbocycles. The Morgan fingerprint density at radius 2 is 1.93 bits per heavy atom. The SMILES string of the molecule is CCCCOc1cc(F)c(C#N)c(F)c1. The van der Waals surface area contributed by atoms with Crippen molar-refractivity contribution in [3.8, 4) is 11.8 Å². The minimum absolute atomic E-state index is 0.123. The largest absolute Gasteiger partial charge is 0.493 e. The molecule has 1 rings (SSSR count). The average Bonchev–Trinajstić information content (AvgIpc) is 2.18. The molecule has 0 aliphatic rings. The summed E-state index contributed by atoms with van der Waals surface area (Å²) in [5.74, 6) is -1.65. The first-order valence-corrected chi connectivity index (χ1v) is 4.71. The van der Waals surface area contributed by atoms with Crippen molar-refractivity contribution in [2.75, 3.05) is 6.61 Å². The number of hydrogen-bond donors (Lipinski definition) is 0. The molecule has 0 N–H and O–H groups in total. The fraction of sp³-hybridized carbons (Fsp3) is 0.364. The third-order valence-corrected chi connectivity index (χ3v) is 1.89. The van der Waals surface area contributed by atoms with Gasteiger partial charge in [-0.2, -0.15) is 5.26 Å². The molecule has 0 atom stereocenters. The maximum absolute atomic E-state index is 13.1. The van der Waals surface area contributed by atoms with E-state index in [1.54, 1.807) is 0 Å². The molecule has 0 fully saturated rings. The van der Waals surface area contributed by atoms with Crippen LogP contribution in [0.3, 0.4) is 0 Å². The van der Waals surface area contributed by atoms with E-state index in [2.05, 4.69) is 0 Å². The van der Waals surface area contributed by atoms with E-state index < -0.39 is 17.2 Å². The van der Waals surface area contributed by atoms with Crippen molar-refractivity contribution in [3.05, 3.63) is 29.3 Å². The van der Waals surface area contributed by atoms with Crippen molar-refractivity contribution in [3.63, 3.8) is 0 Å². The van der Waals surface area contributed by atoms with E-state index in [1.807, 2.05) is 6.92 Å². The number of ether oxygens (including phenoxy) is 1. The van der Waals surface area contributed by atoms with Crippen molar-refractivity contribution in [1.82, 2.24) is 0 Å². The van der Waals surface area contributed by atoms with E-state index in [0.29, 0.717) is 6.61 Å². The Balaban J connectivity index is 2.81. The highest BCUT2D eigenvalue weighted by atomic mass is 19.1. The van der Waals surface area contributed by atoms with Crippen LogP contribution in [-0.2, 0) is 0 Å². The van der Waals surface area contributed by atoms with Gasteiger partial charge in [0.25, 0.3) is 0 Å². The van der Waals surface area contributed by atoms with Crippen LogP contribution in [0.2, 0.25) is 0 Å². The number of hydrogen-bond acceptors (Lipinski definition) is 2. The van der Waals surface area contributed by atoms with Crippen LogP contribution in [0.15, 0.2) is 12.1 Å². The molecule has 80 valence electrons. The van der Waals surface area contributed by atoms with E-state index in [4.69, 9.17) is 10.00 Å². The van der Waals surface area contributed by atoms with Gasteiger partial charge in [0.15, 0.2) is 0 Å². The summed E-state index contributed by atoms with van der Waals surface area (Å²) in [5.41, 5.74) is -0.571. The zero-order chi connectivity index (χ0) is 11.3. The maximum Gasteiger partial charge on any atom is 0.147 e. The first-order valence-electron chi connectivity index (χ1n) is 4.71. The zero-order valence-corrected chi connectivity index (χ0v) is 8.39. The zero-order valence-electron chi connectivity index (χ0n) is 8.39. The molecule has 0 aromatic heterocycles. The Morgan fingerprint density at radius 3 is 2.40 bits per heavy atom. The summed E-state index contributed by atoms with van der Waals surface area (Å²) < 4.78 is 31.3. The fourth-order valence-corrected chi connectivity index (χ4v) is 1.07. The number of unbranched alkanes of at least 4 members (excludes halogenated alkanes) is 1. The lowest BCUT2D eigenvalue weighted by molar-refractivity contribution is 0.306. The van der Waals surface area contributed by atoms with Gasteiger partial charge in [-0.3, -0.25) is 0 Å².